The molecule has 2 aliphatic rings. The lowest BCUT2D eigenvalue weighted by atomic mass is 10.1. The molecule has 1 amide bonds. The summed E-state index contributed by atoms with van der Waals surface area (Å²) < 4.78 is 0. The molecule has 0 N–H and O–H groups in total. The molecule has 0 radical (unpaired) electrons. The van der Waals surface area contributed by atoms with Crippen LogP contribution in [-0.4, -0.2) is 55.9 Å². The SMILES string of the molecule is CC1CN(c2ccc3c(c2)N(C)C(=O)C3=O)CC(C)N1C. The molecule has 2 unspecified atom stereocenters. The lowest BCUT2D eigenvalue weighted by Gasteiger charge is -2.43. The van der Waals surface area contributed by atoms with E-state index in [0.29, 0.717) is 17.6 Å². The number of nitrogens with zero attached hydrogens (tertiary/aromatic N) is 3. The largest absolute Gasteiger partial charge is 0.368 e. The van der Waals surface area contributed by atoms with Gasteiger partial charge in [0.05, 0.1) is 11.3 Å². The third-order valence-corrected chi connectivity index (χ3v) is 4.81. The van der Waals surface area contributed by atoms with Gasteiger partial charge in [-0.25, -0.2) is 0 Å². The maximum atomic E-state index is 11.8. The van der Waals surface area contributed by atoms with Gasteiger partial charge in [-0.2, -0.15) is 0 Å². The summed E-state index contributed by atoms with van der Waals surface area (Å²) in [5.74, 6) is -0.846. The fourth-order valence-corrected chi connectivity index (χ4v) is 3.18. The molecule has 2 aliphatic heterocycles. The normalized spacial score (nSPS) is 26.5. The number of benzene rings is 1. The predicted octanol–water partition coefficient (Wildman–Crippen LogP) is 1.37. The van der Waals surface area contributed by atoms with E-state index < -0.39 is 11.7 Å². The Hall–Kier alpha value is -1.88. The van der Waals surface area contributed by atoms with Gasteiger partial charge in [-0.3, -0.25) is 14.5 Å². The molecule has 0 spiro atoms. The minimum atomic E-state index is -0.442. The zero-order valence-corrected chi connectivity index (χ0v) is 13.0. The average molecular weight is 287 g/mol. The number of rotatable bonds is 1. The van der Waals surface area contributed by atoms with Gasteiger partial charge in [-0.05, 0) is 39.1 Å². The molecule has 1 aromatic rings. The highest BCUT2D eigenvalue weighted by atomic mass is 16.2. The molecule has 3 rings (SSSR count). The van der Waals surface area contributed by atoms with E-state index in [9.17, 15) is 9.59 Å². The van der Waals surface area contributed by atoms with E-state index in [1.165, 1.54) is 4.90 Å². The van der Waals surface area contributed by atoms with Gasteiger partial charge >= 0.3 is 0 Å². The predicted molar refractivity (Wildman–Crippen MR) is 83.1 cm³/mol. The summed E-state index contributed by atoms with van der Waals surface area (Å²) >= 11 is 0. The monoisotopic (exact) mass is 287 g/mol. The van der Waals surface area contributed by atoms with Crippen LogP contribution in [0.3, 0.4) is 0 Å². The maximum absolute atomic E-state index is 11.8. The summed E-state index contributed by atoms with van der Waals surface area (Å²) in [6.45, 7) is 6.33. The molecule has 2 atom stereocenters. The summed E-state index contributed by atoms with van der Waals surface area (Å²) in [5.41, 5.74) is 2.32. The number of amides is 1. The number of hydrogen-bond acceptors (Lipinski definition) is 4. The number of piperazine rings is 1. The molecule has 0 bridgehead atoms. The third kappa shape index (κ3) is 2.12. The summed E-state index contributed by atoms with van der Waals surface area (Å²) in [6.07, 6.45) is 0. The summed E-state index contributed by atoms with van der Waals surface area (Å²) in [6, 6.07) is 6.64. The second-order valence-corrected chi connectivity index (χ2v) is 6.16. The van der Waals surface area contributed by atoms with Gasteiger partial charge < -0.3 is 9.80 Å². The second-order valence-electron chi connectivity index (χ2n) is 6.16. The zero-order chi connectivity index (χ0) is 15.3. The van der Waals surface area contributed by atoms with E-state index in [-0.39, 0.29) is 0 Å². The van der Waals surface area contributed by atoms with Crippen LogP contribution in [0.2, 0.25) is 0 Å². The highest BCUT2D eigenvalue weighted by molar-refractivity contribution is 6.52. The van der Waals surface area contributed by atoms with E-state index >= 15 is 0 Å². The van der Waals surface area contributed by atoms with E-state index in [0.717, 1.165) is 24.5 Å². The maximum Gasteiger partial charge on any atom is 0.299 e. The Morgan fingerprint density at radius 3 is 2.29 bits per heavy atom. The molecular weight excluding hydrogens is 266 g/mol. The van der Waals surface area contributed by atoms with Crippen LogP contribution >= 0.6 is 0 Å². The Kier molecular flexibility index (Phi) is 3.24. The molecule has 5 heteroatoms. The van der Waals surface area contributed by atoms with Gasteiger partial charge in [0.2, 0.25) is 0 Å². The van der Waals surface area contributed by atoms with E-state index in [2.05, 4.69) is 30.7 Å². The molecule has 2 heterocycles. The fourth-order valence-electron chi connectivity index (χ4n) is 3.18. The van der Waals surface area contributed by atoms with Crippen LogP contribution < -0.4 is 9.80 Å². The number of carbonyl (C=O) groups is 2. The molecule has 21 heavy (non-hydrogen) atoms. The van der Waals surface area contributed by atoms with Crippen molar-refractivity contribution >= 4 is 23.1 Å². The first-order valence-electron chi connectivity index (χ1n) is 7.33. The number of fused-ring (bicyclic) bond motifs is 1. The average Bonchev–Trinajstić information content (AvgIpc) is 2.69. The number of likely N-dealkylation sites (N-methyl/N-ethyl adjacent to an activating group) is 2. The van der Waals surface area contributed by atoms with Gasteiger partial charge in [-0.15, -0.1) is 0 Å². The van der Waals surface area contributed by atoms with Gasteiger partial charge in [-0.1, -0.05) is 0 Å². The van der Waals surface area contributed by atoms with Crippen molar-refractivity contribution in [2.75, 3.05) is 37.0 Å². The van der Waals surface area contributed by atoms with Crippen molar-refractivity contribution < 1.29 is 9.59 Å². The van der Waals surface area contributed by atoms with Crippen LogP contribution in [0.25, 0.3) is 0 Å². The van der Waals surface area contributed by atoms with Crippen LogP contribution in [0.4, 0.5) is 11.4 Å². The van der Waals surface area contributed by atoms with Crippen LogP contribution in [0.5, 0.6) is 0 Å². The van der Waals surface area contributed by atoms with Gasteiger partial charge in [0.1, 0.15) is 0 Å². The lowest BCUT2D eigenvalue weighted by molar-refractivity contribution is -0.114. The van der Waals surface area contributed by atoms with Gasteiger partial charge in [0.25, 0.3) is 11.7 Å². The standard InChI is InChI=1S/C16H21N3O2/c1-10-8-19(9-11(2)17(10)3)12-5-6-13-14(7-12)18(4)16(21)15(13)20/h5-7,10-11H,8-9H2,1-4H3. The minimum Gasteiger partial charge on any atom is -0.368 e. The molecular formula is C16H21N3O2. The number of hydrogen-bond donors (Lipinski definition) is 0. The van der Waals surface area contributed by atoms with Crippen LogP contribution in [0, 0.1) is 0 Å². The Morgan fingerprint density at radius 1 is 1.05 bits per heavy atom. The van der Waals surface area contributed by atoms with Crippen molar-refractivity contribution in [1.82, 2.24) is 4.90 Å². The number of carbonyl (C=O) groups excluding carboxylic acids is 2. The molecule has 1 saturated heterocycles. The smallest absolute Gasteiger partial charge is 0.299 e. The van der Waals surface area contributed by atoms with Gasteiger partial charge in [0, 0.05) is 37.9 Å². The Labute approximate surface area is 125 Å². The molecule has 112 valence electrons. The first kappa shape index (κ1) is 14.1. The Morgan fingerprint density at radius 2 is 1.67 bits per heavy atom. The number of anilines is 2. The lowest BCUT2D eigenvalue weighted by Crippen LogP contribution is -2.55. The molecule has 5 nitrogen and oxygen atoms in total. The van der Waals surface area contributed by atoms with Crippen molar-refractivity contribution in [2.24, 2.45) is 0 Å². The summed E-state index contributed by atoms with van der Waals surface area (Å²) in [7, 11) is 3.81. The highest BCUT2D eigenvalue weighted by Crippen LogP contribution is 2.33. The summed E-state index contributed by atoms with van der Waals surface area (Å²) in [4.78, 5) is 29.7. The van der Waals surface area contributed by atoms with Gasteiger partial charge in [0.15, 0.2) is 0 Å². The van der Waals surface area contributed by atoms with Crippen LogP contribution in [-0.2, 0) is 4.79 Å². The Balaban J connectivity index is 1.92. The molecule has 1 aromatic carbocycles. The van der Waals surface area contributed by atoms with Crippen molar-refractivity contribution in [3.63, 3.8) is 0 Å². The van der Waals surface area contributed by atoms with Crippen molar-refractivity contribution in [3.8, 4) is 0 Å². The van der Waals surface area contributed by atoms with Crippen molar-refractivity contribution in [1.29, 1.82) is 0 Å². The highest BCUT2D eigenvalue weighted by Gasteiger charge is 2.34. The van der Waals surface area contributed by atoms with E-state index in [1.807, 2.05) is 12.1 Å². The third-order valence-electron chi connectivity index (χ3n) is 4.81. The van der Waals surface area contributed by atoms with Crippen LogP contribution in [0.1, 0.15) is 24.2 Å². The molecule has 0 aliphatic carbocycles. The molecule has 1 fully saturated rings. The molecule has 0 saturated carbocycles. The minimum absolute atomic E-state index is 0.404. The Bertz CT molecular complexity index is 602. The van der Waals surface area contributed by atoms with Crippen LogP contribution in [0.15, 0.2) is 18.2 Å². The number of ketones is 1. The molecule has 0 aromatic heterocycles. The summed E-state index contributed by atoms with van der Waals surface area (Å²) in [5, 5.41) is 0. The van der Waals surface area contributed by atoms with Crippen molar-refractivity contribution in [3.05, 3.63) is 23.8 Å². The van der Waals surface area contributed by atoms with E-state index in [1.54, 1.807) is 13.1 Å². The van der Waals surface area contributed by atoms with E-state index in [4.69, 9.17) is 0 Å². The first-order valence-corrected chi connectivity index (χ1v) is 7.33. The van der Waals surface area contributed by atoms with Crippen molar-refractivity contribution in [2.45, 2.75) is 25.9 Å². The fraction of sp³-hybridized carbons (Fsp3) is 0.500. The number of Topliss-reactive ketones (excluding diaryl/α,β-unsaturated/α-hetero) is 1. The topological polar surface area (TPSA) is 43.9 Å². The first-order chi connectivity index (χ1) is 9.90. The second kappa shape index (κ2) is 4.84. The quantitative estimate of drug-likeness (QED) is 0.732. The zero-order valence-electron chi connectivity index (χ0n) is 13.0.